The highest BCUT2D eigenvalue weighted by Gasteiger charge is 2.22. The zero-order valence-corrected chi connectivity index (χ0v) is 13.6. The molecule has 1 aromatic heterocycles. The van der Waals surface area contributed by atoms with E-state index in [1.54, 1.807) is 17.1 Å². The third kappa shape index (κ3) is 4.13. The summed E-state index contributed by atoms with van der Waals surface area (Å²) in [5.41, 5.74) is 2.77. The van der Waals surface area contributed by atoms with Crippen molar-refractivity contribution in [2.75, 3.05) is 6.54 Å². The Bertz CT molecular complexity index is 425. The maximum atomic E-state index is 4.35. The molecular formula is C16H27N3S. The van der Waals surface area contributed by atoms with Crippen molar-refractivity contribution in [3.63, 3.8) is 0 Å². The van der Waals surface area contributed by atoms with Crippen LogP contribution in [0.4, 0.5) is 0 Å². The first-order valence-corrected chi connectivity index (χ1v) is 8.87. The zero-order valence-electron chi connectivity index (χ0n) is 12.8. The lowest BCUT2D eigenvalue weighted by Crippen LogP contribution is -2.24. The van der Waals surface area contributed by atoms with Gasteiger partial charge in [0, 0.05) is 0 Å². The number of allylic oxidation sites excluding steroid dienone is 1. The molecule has 20 heavy (non-hydrogen) atoms. The molecule has 1 aliphatic carbocycles. The molecule has 112 valence electrons. The molecule has 0 bridgehead atoms. The Morgan fingerprint density at radius 1 is 1.25 bits per heavy atom. The van der Waals surface area contributed by atoms with Crippen molar-refractivity contribution in [2.24, 2.45) is 0 Å². The Labute approximate surface area is 127 Å². The van der Waals surface area contributed by atoms with E-state index >= 15 is 0 Å². The summed E-state index contributed by atoms with van der Waals surface area (Å²) in [6.07, 6.45) is 12.3. The smallest absolute Gasteiger partial charge is 0.0807 e. The van der Waals surface area contributed by atoms with Crippen molar-refractivity contribution in [3.05, 3.63) is 22.2 Å². The van der Waals surface area contributed by atoms with Gasteiger partial charge in [0.1, 0.15) is 0 Å². The molecule has 1 heterocycles. The van der Waals surface area contributed by atoms with E-state index in [0.29, 0.717) is 6.04 Å². The van der Waals surface area contributed by atoms with Crippen LogP contribution in [0.2, 0.25) is 0 Å². The highest BCUT2D eigenvalue weighted by atomic mass is 32.1. The molecule has 0 saturated carbocycles. The van der Waals surface area contributed by atoms with Crippen LogP contribution in [0.25, 0.3) is 0 Å². The minimum atomic E-state index is 0.356. The molecule has 1 unspecified atom stereocenters. The van der Waals surface area contributed by atoms with Gasteiger partial charge in [0.05, 0.1) is 16.6 Å². The molecule has 0 saturated heterocycles. The summed E-state index contributed by atoms with van der Waals surface area (Å²) >= 11 is 1.58. The Morgan fingerprint density at radius 3 is 2.95 bits per heavy atom. The van der Waals surface area contributed by atoms with Gasteiger partial charge in [0.2, 0.25) is 0 Å². The third-order valence-electron chi connectivity index (χ3n) is 3.88. The summed E-state index contributed by atoms with van der Waals surface area (Å²) in [6.45, 7) is 5.50. The van der Waals surface area contributed by atoms with Gasteiger partial charge in [-0.25, -0.2) is 0 Å². The number of hydrogen-bond donors (Lipinski definition) is 1. The van der Waals surface area contributed by atoms with Gasteiger partial charge in [0.25, 0.3) is 0 Å². The predicted octanol–water partition coefficient (Wildman–Crippen LogP) is 4.42. The van der Waals surface area contributed by atoms with E-state index in [2.05, 4.69) is 34.8 Å². The molecule has 1 aromatic rings. The molecular weight excluding hydrogens is 266 g/mol. The molecule has 0 aromatic carbocycles. The van der Waals surface area contributed by atoms with Crippen LogP contribution in [0, 0.1) is 0 Å². The maximum Gasteiger partial charge on any atom is 0.0807 e. The van der Waals surface area contributed by atoms with E-state index < -0.39 is 0 Å². The average molecular weight is 293 g/mol. The summed E-state index contributed by atoms with van der Waals surface area (Å²) in [5.74, 6) is 0. The van der Waals surface area contributed by atoms with Crippen LogP contribution in [0.3, 0.4) is 0 Å². The summed E-state index contributed by atoms with van der Waals surface area (Å²) < 4.78 is 4.21. The fourth-order valence-corrected chi connectivity index (χ4v) is 3.64. The van der Waals surface area contributed by atoms with Gasteiger partial charge in [-0.2, -0.15) is 0 Å². The highest BCUT2D eigenvalue weighted by molar-refractivity contribution is 7.05. The largest absolute Gasteiger partial charge is 0.306 e. The fourth-order valence-electron chi connectivity index (χ4n) is 2.83. The van der Waals surface area contributed by atoms with Crippen molar-refractivity contribution in [2.45, 2.75) is 71.3 Å². The summed E-state index contributed by atoms with van der Waals surface area (Å²) in [6, 6.07) is 0.356. The molecule has 3 nitrogen and oxygen atoms in total. The SMILES string of the molecule is CCCNC(C1=CCCCCC1)c1snnc1CCC. The molecule has 1 N–H and O–H groups in total. The molecule has 1 aliphatic rings. The van der Waals surface area contributed by atoms with Gasteiger partial charge in [-0.05, 0) is 56.6 Å². The molecule has 0 radical (unpaired) electrons. The van der Waals surface area contributed by atoms with Crippen LogP contribution in [-0.2, 0) is 6.42 Å². The first-order chi connectivity index (χ1) is 9.86. The Kier molecular flexibility index (Phi) is 6.67. The van der Waals surface area contributed by atoms with Crippen LogP contribution >= 0.6 is 11.5 Å². The lowest BCUT2D eigenvalue weighted by atomic mass is 9.98. The van der Waals surface area contributed by atoms with E-state index in [0.717, 1.165) is 19.4 Å². The molecule has 2 rings (SSSR count). The highest BCUT2D eigenvalue weighted by Crippen LogP contribution is 2.32. The van der Waals surface area contributed by atoms with E-state index in [9.17, 15) is 0 Å². The summed E-state index contributed by atoms with van der Waals surface area (Å²) in [7, 11) is 0. The second-order valence-electron chi connectivity index (χ2n) is 5.60. The van der Waals surface area contributed by atoms with Gasteiger partial charge in [0.15, 0.2) is 0 Å². The minimum absolute atomic E-state index is 0.356. The molecule has 0 amide bonds. The monoisotopic (exact) mass is 293 g/mol. The summed E-state index contributed by atoms with van der Waals surface area (Å²) in [4.78, 5) is 1.36. The normalized spacial score (nSPS) is 17.6. The standard InChI is InChI=1S/C16H27N3S/c1-3-9-14-16(20-19-18-14)15(17-12-4-2)13-10-7-5-6-8-11-13/h10,15,17H,3-9,11-12H2,1-2H3. The lowest BCUT2D eigenvalue weighted by Gasteiger charge is -2.21. The topological polar surface area (TPSA) is 37.8 Å². The Balaban J connectivity index is 2.21. The van der Waals surface area contributed by atoms with Gasteiger partial charge >= 0.3 is 0 Å². The van der Waals surface area contributed by atoms with Crippen molar-refractivity contribution in [1.29, 1.82) is 0 Å². The maximum absolute atomic E-state index is 4.35. The number of nitrogens with zero attached hydrogens (tertiary/aromatic N) is 2. The predicted molar refractivity (Wildman–Crippen MR) is 86.1 cm³/mol. The van der Waals surface area contributed by atoms with E-state index in [1.165, 1.54) is 49.1 Å². The van der Waals surface area contributed by atoms with Gasteiger partial charge in [-0.1, -0.05) is 42.8 Å². The zero-order chi connectivity index (χ0) is 14.2. The minimum Gasteiger partial charge on any atom is -0.306 e. The average Bonchev–Trinajstić information content (AvgIpc) is 2.75. The van der Waals surface area contributed by atoms with Gasteiger partial charge in [-0.15, -0.1) is 5.10 Å². The molecule has 0 aliphatic heterocycles. The van der Waals surface area contributed by atoms with Crippen molar-refractivity contribution in [3.8, 4) is 0 Å². The Morgan fingerprint density at radius 2 is 2.15 bits per heavy atom. The fraction of sp³-hybridized carbons (Fsp3) is 0.750. The van der Waals surface area contributed by atoms with Crippen LogP contribution in [0.1, 0.15) is 75.4 Å². The second-order valence-corrected chi connectivity index (χ2v) is 6.39. The third-order valence-corrected chi connectivity index (χ3v) is 4.71. The molecule has 0 spiro atoms. The van der Waals surface area contributed by atoms with Crippen molar-refractivity contribution >= 4 is 11.5 Å². The summed E-state index contributed by atoms with van der Waals surface area (Å²) in [5, 5.41) is 8.08. The molecule has 1 atom stereocenters. The number of nitrogens with one attached hydrogen (secondary N) is 1. The first-order valence-electron chi connectivity index (χ1n) is 8.10. The molecule has 4 heteroatoms. The van der Waals surface area contributed by atoms with Crippen molar-refractivity contribution < 1.29 is 0 Å². The van der Waals surface area contributed by atoms with Crippen LogP contribution in [0.15, 0.2) is 11.6 Å². The molecule has 0 fully saturated rings. The number of hydrogen-bond acceptors (Lipinski definition) is 4. The van der Waals surface area contributed by atoms with Crippen LogP contribution < -0.4 is 5.32 Å². The number of rotatable bonds is 7. The second kappa shape index (κ2) is 8.53. The van der Waals surface area contributed by atoms with Gasteiger partial charge < -0.3 is 5.32 Å². The van der Waals surface area contributed by atoms with Crippen LogP contribution in [0.5, 0.6) is 0 Å². The van der Waals surface area contributed by atoms with Crippen LogP contribution in [-0.4, -0.2) is 16.1 Å². The number of aryl methyl sites for hydroxylation is 1. The lowest BCUT2D eigenvalue weighted by molar-refractivity contribution is 0.568. The quantitative estimate of drug-likeness (QED) is 0.756. The van der Waals surface area contributed by atoms with E-state index in [1.807, 2.05) is 0 Å². The van der Waals surface area contributed by atoms with E-state index in [-0.39, 0.29) is 0 Å². The van der Waals surface area contributed by atoms with Crippen molar-refractivity contribution in [1.82, 2.24) is 14.9 Å². The Hall–Kier alpha value is -0.740. The van der Waals surface area contributed by atoms with Gasteiger partial charge in [-0.3, -0.25) is 0 Å². The number of aromatic nitrogens is 2. The first kappa shape index (κ1) is 15.6. The van der Waals surface area contributed by atoms with E-state index in [4.69, 9.17) is 0 Å².